The Hall–Kier alpha value is -2.28. The lowest BCUT2D eigenvalue weighted by Crippen LogP contribution is -2.22. The molecule has 0 fully saturated rings. The van der Waals surface area contributed by atoms with Gasteiger partial charge in [-0.05, 0) is 17.7 Å². The van der Waals surface area contributed by atoms with Crippen LogP contribution in [-0.4, -0.2) is 14.4 Å². The monoisotopic (exact) mass is 313 g/mol. The average molecular weight is 314 g/mol. The highest BCUT2D eigenvalue weighted by atomic mass is 35.5. The summed E-state index contributed by atoms with van der Waals surface area (Å²) in [6.07, 6.45) is -2.24. The van der Waals surface area contributed by atoms with Crippen LogP contribution in [0.15, 0.2) is 41.5 Å². The first-order valence-electron chi connectivity index (χ1n) is 5.81. The third-order valence-corrected chi connectivity index (χ3v) is 3.21. The van der Waals surface area contributed by atoms with Crippen LogP contribution < -0.4 is 5.56 Å². The molecule has 0 unspecified atom stereocenters. The van der Waals surface area contributed by atoms with E-state index in [0.29, 0.717) is 10.6 Å². The van der Waals surface area contributed by atoms with E-state index in [4.69, 9.17) is 11.6 Å². The number of aromatic nitrogens is 3. The van der Waals surface area contributed by atoms with Gasteiger partial charge in [-0.15, -0.1) is 0 Å². The number of hydrogen-bond donors (Lipinski definition) is 1. The highest BCUT2D eigenvalue weighted by molar-refractivity contribution is 6.30. The zero-order chi connectivity index (χ0) is 15.2. The normalized spacial score (nSPS) is 12.0. The molecule has 1 N–H and O–H groups in total. The number of fused-ring (bicyclic) bond motifs is 1. The number of nitrogens with one attached hydrogen (secondary N) is 1. The van der Waals surface area contributed by atoms with E-state index in [2.05, 4.69) is 9.97 Å². The first-order valence-corrected chi connectivity index (χ1v) is 6.18. The van der Waals surface area contributed by atoms with Crippen molar-refractivity contribution in [3.05, 3.63) is 57.9 Å². The number of benzene rings is 1. The molecule has 0 saturated heterocycles. The minimum absolute atomic E-state index is 0.0321. The Morgan fingerprint density at radius 2 is 1.86 bits per heavy atom. The summed E-state index contributed by atoms with van der Waals surface area (Å²) in [4.78, 5) is 17.8. The quantitative estimate of drug-likeness (QED) is 0.749. The van der Waals surface area contributed by atoms with Crippen molar-refractivity contribution in [2.24, 2.45) is 0 Å². The summed E-state index contributed by atoms with van der Waals surface area (Å²) in [7, 11) is 0. The molecule has 3 rings (SSSR count). The van der Waals surface area contributed by atoms with Gasteiger partial charge in [-0.25, -0.2) is 0 Å². The van der Waals surface area contributed by atoms with Crippen LogP contribution in [-0.2, 0) is 6.18 Å². The lowest BCUT2D eigenvalue weighted by atomic mass is 10.1. The van der Waals surface area contributed by atoms with E-state index in [-0.39, 0.29) is 11.2 Å². The van der Waals surface area contributed by atoms with Crippen molar-refractivity contribution in [2.75, 3.05) is 0 Å². The van der Waals surface area contributed by atoms with Crippen LogP contribution in [0.1, 0.15) is 5.82 Å². The molecule has 0 saturated carbocycles. The molecular formula is C13H7ClF3N3O. The summed E-state index contributed by atoms with van der Waals surface area (Å²) >= 11 is 5.77. The van der Waals surface area contributed by atoms with Crippen molar-refractivity contribution in [3.8, 4) is 11.1 Å². The SMILES string of the molecule is O=c1nc(C(F)(F)F)n2cc[nH]c2c1-c1ccc(Cl)cc1. The van der Waals surface area contributed by atoms with E-state index in [0.717, 1.165) is 4.40 Å². The second-order valence-electron chi connectivity index (χ2n) is 4.30. The van der Waals surface area contributed by atoms with Crippen LogP contribution in [0.5, 0.6) is 0 Å². The topological polar surface area (TPSA) is 50.2 Å². The fraction of sp³-hybridized carbons (Fsp3) is 0.0769. The molecule has 0 spiro atoms. The number of alkyl halides is 3. The molecule has 108 valence electrons. The van der Waals surface area contributed by atoms with Crippen LogP contribution in [0.4, 0.5) is 13.2 Å². The van der Waals surface area contributed by atoms with Gasteiger partial charge in [0.15, 0.2) is 0 Å². The predicted octanol–water partition coefficient (Wildman–Crippen LogP) is 3.36. The summed E-state index contributed by atoms with van der Waals surface area (Å²) in [5.41, 5.74) is -0.424. The highest BCUT2D eigenvalue weighted by Gasteiger charge is 2.37. The zero-order valence-corrected chi connectivity index (χ0v) is 11.0. The van der Waals surface area contributed by atoms with Crippen LogP contribution in [0.3, 0.4) is 0 Å². The van der Waals surface area contributed by atoms with Crippen LogP contribution in [0.25, 0.3) is 16.8 Å². The van der Waals surface area contributed by atoms with Crippen molar-refractivity contribution >= 4 is 17.2 Å². The third-order valence-electron chi connectivity index (χ3n) is 2.96. The van der Waals surface area contributed by atoms with Gasteiger partial charge in [0, 0.05) is 17.4 Å². The highest BCUT2D eigenvalue weighted by Crippen LogP contribution is 2.29. The number of rotatable bonds is 1. The number of imidazole rings is 1. The van der Waals surface area contributed by atoms with Crippen molar-refractivity contribution in [1.82, 2.24) is 14.4 Å². The molecule has 0 radical (unpaired) electrons. The van der Waals surface area contributed by atoms with E-state index in [1.807, 2.05) is 0 Å². The Balaban J connectivity index is 2.36. The van der Waals surface area contributed by atoms with Crippen molar-refractivity contribution < 1.29 is 13.2 Å². The van der Waals surface area contributed by atoms with E-state index >= 15 is 0 Å². The molecule has 0 aliphatic rings. The fourth-order valence-corrected chi connectivity index (χ4v) is 2.21. The second kappa shape index (κ2) is 4.63. The average Bonchev–Trinajstić information content (AvgIpc) is 2.87. The summed E-state index contributed by atoms with van der Waals surface area (Å²) in [5.74, 6) is -1.26. The minimum atomic E-state index is -4.72. The van der Waals surface area contributed by atoms with Crippen molar-refractivity contribution in [3.63, 3.8) is 0 Å². The Morgan fingerprint density at radius 1 is 1.19 bits per heavy atom. The van der Waals surface area contributed by atoms with Gasteiger partial charge in [0.05, 0.1) is 5.56 Å². The second-order valence-corrected chi connectivity index (χ2v) is 4.74. The third kappa shape index (κ3) is 2.29. The molecule has 0 bridgehead atoms. The van der Waals surface area contributed by atoms with E-state index < -0.39 is 17.6 Å². The molecule has 2 aromatic heterocycles. The molecule has 0 atom stereocenters. The largest absolute Gasteiger partial charge is 0.450 e. The number of aromatic amines is 1. The zero-order valence-electron chi connectivity index (χ0n) is 10.3. The number of hydrogen-bond acceptors (Lipinski definition) is 2. The summed E-state index contributed by atoms with van der Waals surface area (Å²) < 4.78 is 39.5. The summed E-state index contributed by atoms with van der Waals surface area (Å²) in [6.45, 7) is 0. The molecule has 1 aromatic carbocycles. The van der Waals surface area contributed by atoms with Gasteiger partial charge >= 0.3 is 6.18 Å². The van der Waals surface area contributed by atoms with E-state index in [1.165, 1.54) is 12.4 Å². The van der Waals surface area contributed by atoms with Gasteiger partial charge in [0.25, 0.3) is 5.56 Å². The molecular weight excluding hydrogens is 307 g/mol. The van der Waals surface area contributed by atoms with Gasteiger partial charge < -0.3 is 4.98 Å². The van der Waals surface area contributed by atoms with Crippen molar-refractivity contribution in [1.29, 1.82) is 0 Å². The predicted molar refractivity (Wildman–Crippen MR) is 71.3 cm³/mol. The first kappa shape index (κ1) is 13.7. The molecule has 8 heteroatoms. The Bertz CT molecular complexity index is 865. The maximum atomic E-state index is 12.9. The number of halogens is 4. The Labute approximate surface area is 120 Å². The maximum Gasteiger partial charge on any atom is 0.450 e. The molecule has 0 aliphatic heterocycles. The summed E-state index contributed by atoms with van der Waals surface area (Å²) in [6, 6.07) is 6.20. The molecule has 2 heterocycles. The standard InChI is InChI=1S/C13H7ClF3N3O/c14-8-3-1-7(2-4-8)9-10-18-5-6-20(10)12(13(15,16)17)19-11(9)21/h1-6,18H. The van der Waals surface area contributed by atoms with E-state index in [1.54, 1.807) is 24.3 Å². The maximum absolute atomic E-state index is 12.9. The van der Waals surface area contributed by atoms with Crippen molar-refractivity contribution in [2.45, 2.75) is 6.18 Å². The lowest BCUT2D eigenvalue weighted by molar-refractivity contribution is -0.146. The van der Waals surface area contributed by atoms with Gasteiger partial charge in [-0.2, -0.15) is 18.2 Å². The minimum Gasteiger partial charge on any atom is -0.346 e. The number of H-pyrrole nitrogens is 1. The lowest BCUT2D eigenvalue weighted by Gasteiger charge is -2.10. The summed E-state index contributed by atoms with van der Waals surface area (Å²) in [5, 5.41) is 0.460. The molecule has 4 nitrogen and oxygen atoms in total. The van der Waals surface area contributed by atoms with Gasteiger partial charge in [-0.3, -0.25) is 9.20 Å². The van der Waals surface area contributed by atoms with Crippen LogP contribution in [0.2, 0.25) is 5.02 Å². The van der Waals surface area contributed by atoms with Gasteiger partial charge in [-0.1, -0.05) is 23.7 Å². The molecule has 0 aliphatic carbocycles. The number of nitrogens with zero attached hydrogens (tertiary/aromatic N) is 2. The molecule has 0 amide bonds. The van der Waals surface area contributed by atoms with Gasteiger partial charge in [0.2, 0.25) is 5.82 Å². The van der Waals surface area contributed by atoms with Crippen LogP contribution in [0, 0.1) is 0 Å². The van der Waals surface area contributed by atoms with Gasteiger partial charge in [0.1, 0.15) is 5.65 Å². The molecule has 21 heavy (non-hydrogen) atoms. The Morgan fingerprint density at radius 3 is 2.48 bits per heavy atom. The smallest absolute Gasteiger partial charge is 0.346 e. The fourth-order valence-electron chi connectivity index (χ4n) is 2.09. The Kier molecular flexibility index (Phi) is 3.02. The van der Waals surface area contributed by atoms with Crippen LogP contribution >= 0.6 is 11.6 Å². The van der Waals surface area contributed by atoms with E-state index in [9.17, 15) is 18.0 Å². The molecule has 3 aromatic rings. The first-order chi connectivity index (χ1) is 9.88.